The molecule has 1 aromatic carbocycles. The Morgan fingerprint density at radius 2 is 1.86 bits per heavy atom. The molecule has 3 aromatic heterocycles. The van der Waals surface area contributed by atoms with E-state index in [4.69, 9.17) is 0 Å². The van der Waals surface area contributed by atoms with Gasteiger partial charge in [-0.3, -0.25) is 14.4 Å². The summed E-state index contributed by atoms with van der Waals surface area (Å²) in [5, 5.41) is 5.43. The van der Waals surface area contributed by atoms with Crippen molar-refractivity contribution in [1.29, 1.82) is 0 Å². The molecular weight excluding hydrogens is 490 g/mol. The number of hydrogen-bond donors (Lipinski definition) is 1. The van der Waals surface area contributed by atoms with Crippen LogP contribution < -0.4 is 0 Å². The van der Waals surface area contributed by atoms with Crippen LogP contribution in [0.2, 0.25) is 0 Å². The Kier molecular flexibility index (Phi) is 5.70. The van der Waals surface area contributed by atoms with Crippen molar-refractivity contribution < 1.29 is 22.4 Å². The lowest BCUT2D eigenvalue weighted by Crippen LogP contribution is -2.56. The number of carbonyl (C=O) groups excluding carboxylic acids is 1. The monoisotopic (exact) mass is 512 g/mol. The van der Waals surface area contributed by atoms with Gasteiger partial charge >= 0.3 is 6.18 Å². The molecule has 0 aliphatic carbocycles. The molecule has 6 rings (SSSR count). The van der Waals surface area contributed by atoms with Crippen LogP contribution in [0, 0.1) is 11.9 Å². The Morgan fingerprint density at radius 1 is 1.08 bits per heavy atom. The van der Waals surface area contributed by atoms with Gasteiger partial charge in [0.25, 0.3) is 5.91 Å². The Hall–Kier alpha value is -3.80. The third-order valence-electron chi connectivity index (χ3n) is 7.05. The lowest BCUT2D eigenvalue weighted by Gasteiger charge is -2.46. The van der Waals surface area contributed by atoms with Crippen molar-refractivity contribution in [3.63, 3.8) is 0 Å². The second-order valence-electron chi connectivity index (χ2n) is 9.36. The number of benzene rings is 1. The fourth-order valence-corrected chi connectivity index (χ4v) is 5.04. The van der Waals surface area contributed by atoms with Gasteiger partial charge in [0, 0.05) is 61.1 Å². The number of amides is 1. The summed E-state index contributed by atoms with van der Waals surface area (Å²) in [6.45, 7) is 2.28. The number of likely N-dealkylation sites (tertiary alicyclic amines) is 2. The minimum Gasteiger partial charge on any atom is -0.346 e. The predicted molar refractivity (Wildman–Crippen MR) is 126 cm³/mol. The molecule has 2 fully saturated rings. The summed E-state index contributed by atoms with van der Waals surface area (Å²) >= 11 is 0. The van der Waals surface area contributed by atoms with Crippen molar-refractivity contribution in [3.8, 4) is 11.3 Å². The molecule has 2 saturated heterocycles. The fourth-order valence-electron chi connectivity index (χ4n) is 5.04. The zero-order valence-corrected chi connectivity index (χ0v) is 19.5. The number of hydrogen-bond acceptors (Lipinski definition) is 5. The average Bonchev–Trinajstić information content (AvgIpc) is 3.52. The molecule has 0 unspecified atom stereocenters. The van der Waals surface area contributed by atoms with Crippen LogP contribution in [0.5, 0.6) is 0 Å². The summed E-state index contributed by atoms with van der Waals surface area (Å²) < 4.78 is 54.7. The van der Waals surface area contributed by atoms with Gasteiger partial charge in [0.2, 0.25) is 0 Å². The standard InChI is InChI=1S/C25H22F4N7O/c26-18-8-15(7-17(9-18)25(27,28)29)24(37)34-5-2-19(3-6-34)35-12-20(13-35)36-11-16(10-33-36)22-21-1-4-30-23(21)32-14-31-22/h1,4,7-11,14,19H,2-3,5-6,12-13H2,(H,30,31,32). The Labute approximate surface area is 208 Å². The summed E-state index contributed by atoms with van der Waals surface area (Å²) in [5.74, 6) is -1.65. The van der Waals surface area contributed by atoms with Gasteiger partial charge in [0.1, 0.15) is 23.8 Å². The number of aromatic amines is 1. The average molecular weight is 512 g/mol. The molecule has 2 aliphatic rings. The predicted octanol–water partition coefficient (Wildman–Crippen LogP) is 3.98. The first-order valence-corrected chi connectivity index (χ1v) is 11.9. The molecule has 2 aliphatic heterocycles. The number of fused-ring (bicyclic) bond motifs is 1. The summed E-state index contributed by atoms with van der Waals surface area (Å²) in [5.41, 5.74) is 1.04. The van der Waals surface area contributed by atoms with Crippen molar-refractivity contribution in [3.05, 3.63) is 72.2 Å². The van der Waals surface area contributed by atoms with Gasteiger partial charge in [-0.05, 0) is 37.1 Å². The number of nitrogens with zero attached hydrogens (tertiary/aromatic N) is 6. The summed E-state index contributed by atoms with van der Waals surface area (Å²) in [6.07, 6.45) is 3.75. The van der Waals surface area contributed by atoms with Crippen molar-refractivity contribution >= 4 is 16.9 Å². The van der Waals surface area contributed by atoms with Gasteiger partial charge in [0.15, 0.2) is 0 Å². The highest BCUT2D eigenvalue weighted by Gasteiger charge is 2.38. The highest BCUT2D eigenvalue weighted by Crippen LogP contribution is 2.32. The van der Waals surface area contributed by atoms with Crippen molar-refractivity contribution in [2.75, 3.05) is 26.2 Å². The van der Waals surface area contributed by atoms with E-state index in [9.17, 15) is 22.4 Å². The number of rotatable bonds is 4. The summed E-state index contributed by atoms with van der Waals surface area (Å²) in [4.78, 5) is 28.3. The number of carbonyl (C=O) groups is 1. The fraction of sp³-hybridized carbons (Fsp3) is 0.320. The van der Waals surface area contributed by atoms with Crippen LogP contribution in [0.15, 0.2) is 49.2 Å². The van der Waals surface area contributed by atoms with Crippen LogP contribution in [-0.4, -0.2) is 72.7 Å². The summed E-state index contributed by atoms with van der Waals surface area (Å²) in [6, 6.07) is 5.31. The molecule has 5 heterocycles. The van der Waals surface area contributed by atoms with E-state index in [1.54, 1.807) is 6.20 Å². The molecule has 4 aromatic rings. The third kappa shape index (κ3) is 4.45. The normalized spacial score (nSPS) is 17.9. The van der Waals surface area contributed by atoms with Crippen molar-refractivity contribution in [1.82, 2.24) is 34.5 Å². The smallest absolute Gasteiger partial charge is 0.346 e. The molecule has 8 nitrogen and oxygen atoms in total. The van der Waals surface area contributed by atoms with Crippen LogP contribution in [0.4, 0.5) is 17.6 Å². The molecule has 1 N–H and O–H groups in total. The molecule has 191 valence electrons. The van der Waals surface area contributed by atoms with Gasteiger partial charge < -0.3 is 9.88 Å². The van der Waals surface area contributed by atoms with Crippen molar-refractivity contribution in [2.24, 2.45) is 0 Å². The van der Waals surface area contributed by atoms with E-state index in [0.717, 1.165) is 53.6 Å². The maximum absolute atomic E-state index is 13.7. The van der Waals surface area contributed by atoms with Gasteiger partial charge in [-0.15, -0.1) is 0 Å². The lowest BCUT2D eigenvalue weighted by molar-refractivity contribution is -0.137. The highest BCUT2D eigenvalue weighted by molar-refractivity contribution is 5.94. The zero-order chi connectivity index (χ0) is 25.7. The Balaban J connectivity index is 1.05. The number of piperidine rings is 1. The number of halogens is 4. The molecular formula is C25H22F4N7O. The van der Waals surface area contributed by atoms with E-state index in [1.165, 1.54) is 11.2 Å². The minimum absolute atomic E-state index is 0.252. The van der Waals surface area contributed by atoms with E-state index in [2.05, 4.69) is 25.0 Å². The molecule has 12 heteroatoms. The van der Waals surface area contributed by atoms with Gasteiger partial charge in [-0.25, -0.2) is 14.4 Å². The van der Waals surface area contributed by atoms with Crippen molar-refractivity contribution in [2.45, 2.75) is 25.1 Å². The second kappa shape index (κ2) is 8.94. The minimum atomic E-state index is -4.71. The van der Waals surface area contributed by atoms with E-state index in [-0.39, 0.29) is 11.6 Å². The largest absolute Gasteiger partial charge is 0.416 e. The van der Waals surface area contributed by atoms with Crippen LogP contribution >= 0.6 is 0 Å². The van der Waals surface area contributed by atoms with E-state index >= 15 is 0 Å². The molecule has 0 atom stereocenters. The molecule has 1 radical (unpaired) electrons. The van der Waals surface area contributed by atoms with Gasteiger partial charge in [0.05, 0.1) is 17.5 Å². The number of aromatic nitrogens is 5. The SMILES string of the molecule is O=C(c1cc(F)cc(C(F)(F)F)c1)N1CCC(N2C[C](n3cc(-c4ncnc5[nH]ccc45)cn3)C2)CC1. The first-order chi connectivity index (χ1) is 17.8. The Morgan fingerprint density at radius 3 is 2.62 bits per heavy atom. The van der Waals surface area contributed by atoms with E-state index < -0.39 is 23.5 Å². The third-order valence-corrected chi connectivity index (χ3v) is 7.05. The van der Waals surface area contributed by atoms with Crippen LogP contribution in [0.25, 0.3) is 22.3 Å². The number of alkyl halides is 3. The number of nitrogens with one attached hydrogen (secondary N) is 1. The molecule has 1 amide bonds. The quantitative estimate of drug-likeness (QED) is 0.419. The first kappa shape index (κ1) is 23.6. The summed E-state index contributed by atoms with van der Waals surface area (Å²) in [7, 11) is 0. The van der Waals surface area contributed by atoms with Gasteiger partial charge in [-0.1, -0.05) is 0 Å². The highest BCUT2D eigenvalue weighted by atomic mass is 19.4. The second-order valence-corrected chi connectivity index (χ2v) is 9.36. The lowest BCUT2D eigenvalue weighted by atomic mass is 9.97. The number of H-pyrrole nitrogens is 1. The molecule has 0 bridgehead atoms. The van der Waals surface area contributed by atoms with Crippen LogP contribution in [0.3, 0.4) is 0 Å². The Bertz CT molecular complexity index is 1450. The van der Waals surface area contributed by atoms with E-state index in [1.807, 2.05) is 23.1 Å². The molecule has 0 spiro atoms. The van der Waals surface area contributed by atoms with Gasteiger partial charge in [-0.2, -0.15) is 18.3 Å². The topological polar surface area (TPSA) is 82.9 Å². The zero-order valence-electron chi connectivity index (χ0n) is 19.5. The van der Waals surface area contributed by atoms with E-state index in [0.29, 0.717) is 32.0 Å². The van der Waals surface area contributed by atoms with Crippen LogP contribution in [-0.2, 0) is 6.18 Å². The maximum Gasteiger partial charge on any atom is 0.416 e. The molecule has 37 heavy (non-hydrogen) atoms. The van der Waals surface area contributed by atoms with Crippen LogP contribution in [0.1, 0.15) is 28.8 Å². The first-order valence-electron chi connectivity index (χ1n) is 11.9. The maximum atomic E-state index is 13.7. The molecule has 0 saturated carbocycles.